The summed E-state index contributed by atoms with van der Waals surface area (Å²) in [6, 6.07) is 0. The minimum atomic E-state index is -1.83. The van der Waals surface area contributed by atoms with Crippen LogP contribution in [0.25, 0.3) is 22.6 Å². The third kappa shape index (κ3) is 9.59. The smallest absolute Gasteiger partial charge is 0.450 e. The molecule has 0 bridgehead atoms. The topological polar surface area (TPSA) is 217 Å². The Morgan fingerprint density at radius 2 is 1.42 bits per heavy atom. The molecule has 1 amide bonds. The molecule has 2 fully saturated rings. The van der Waals surface area contributed by atoms with Gasteiger partial charge in [0, 0.05) is 43.1 Å². The van der Waals surface area contributed by atoms with Gasteiger partial charge in [0.05, 0.1) is 18.8 Å². The molecule has 0 aromatic carbocycles. The van der Waals surface area contributed by atoms with Crippen molar-refractivity contribution < 1.29 is 39.5 Å². The quantitative estimate of drug-likeness (QED) is 0.276. The van der Waals surface area contributed by atoms with Gasteiger partial charge in [-0.2, -0.15) is 0 Å². The van der Waals surface area contributed by atoms with Gasteiger partial charge in [0.15, 0.2) is 22.8 Å². The Morgan fingerprint density at radius 1 is 0.911 bits per heavy atom. The first-order valence-electron chi connectivity index (χ1n) is 14.2. The molecule has 0 spiro atoms. The highest BCUT2D eigenvalue weighted by Crippen LogP contribution is 2.35. The highest BCUT2D eigenvalue weighted by molar-refractivity contribution is 6.29. The summed E-state index contributed by atoms with van der Waals surface area (Å²) in [5.41, 5.74) is 1.24. The number of ether oxygens (including phenoxy) is 1. The van der Waals surface area contributed by atoms with Crippen LogP contribution in [-0.4, -0.2) is 110 Å². The van der Waals surface area contributed by atoms with E-state index >= 15 is 0 Å². The molecular weight excluding hydrogens is 612 g/mol. The van der Waals surface area contributed by atoms with Crippen molar-refractivity contribution in [2.24, 2.45) is 5.92 Å². The largest absolute Gasteiger partial charge is 0.503 e. The van der Waals surface area contributed by atoms with Crippen molar-refractivity contribution in [1.82, 2.24) is 34.4 Å². The lowest BCUT2D eigenvalue weighted by molar-refractivity contribution is 0.0258. The van der Waals surface area contributed by atoms with Gasteiger partial charge in [0.25, 0.3) is 5.91 Å². The predicted octanol–water partition coefficient (Wildman–Crippen LogP) is 4.67. The summed E-state index contributed by atoms with van der Waals surface area (Å²) >= 11 is 6.58. The SMILES string of the molecule is CC(C)(C)N(C(=O)c1ncc(-c2nc(N3CCOCC3)c3nc(Cl)n(CC4CC4)c3n2)cn1)C(C)(C)C.O=C(O)O.O=C(O)O. The van der Waals surface area contributed by atoms with Crippen LogP contribution in [0.2, 0.25) is 5.28 Å². The Bertz CT molecular complexity index is 1470. The number of anilines is 1. The number of nitrogens with zero attached hydrogens (tertiary/aromatic N) is 8. The van der Waals surface area contributed by atoms with Crippen LogP contribution in [0.5, 0.6) is 0 Å². The summed E-state index contributed by atoms with van der Waals surface area (Å²) in [5, 5.41) is 28.3. The molecule has 4 heterocycles. The van der Waals surface area contributed by atoms with Crippen molar-refractivity contribution in [3.05, 3.63) is 23.5 Å². The minimum Gasteiger partial charge on any atom is -0.450 e. The molecule has 1 saturated carbocycles. The summed E-state index contributed by atoms with van der Waals surface area (Å²) in [7, 11) is 0. The number of hydrogen-bond acceptors (Lipinski definition) is 10. The van der Waals surface area contributed by atoms with E-state index in [1.807, 2.05) is 51.0 Å². The molecule has 0 atom stereocenters. The van der Waals surface area contributed by atoms with Gasteiger partial charge in [-0.1, -0.05) is 0 Å². The first-order chi connectivity index (χ1) is 20.9. The summed E-state index contributed by atoms with van der Waals surface area (Å²) in [6.45, 7) is 15.5. The van der Waals surface area contributed by atoms with Gasteiger partial charge >= 0.3 is 12.3 Å². The number of carbonyl (C=O) groups is 3. The number of carboxylic acid groups (broad SMARTS) is 4. The van der Waals surface area contributed by atoms with Crippen LogP contribution < -0.4 is 4.90 Å². The molecule has 17 heteroatoms. The Morgan fingerprint density at radius 3 is 1.89 bits per heavy atom. The molecule has 1 aliphatic heterocycles. The van der Waals surface area contributed by atoms with E-state index in [1.54, 1.807) is 12.4 Å². The van der Waals surface area contributed by atoms with Crippen LogP contribution in [0.15, 0.2) is 12.4 Å². The fraction of sp³-hybridized carbons (Fsp3) is 0.571. The van der Waals surface area contributed by atoms with E-state index in [0.29, 0.717) is 60.1 Å². The number of aromatic nitrogens is 6. The zero-order chi connectivity index (χ0) is 33.7. The summed E-state index contributed by atoms with van der Waals surface area (Å²) < 4.78 is 7.53. The number of carbonyl (C=O) groups excluding carboxylic acids is 1. The van der Waals surface area contributed by atoms with Crippen LogP contribution in [0.1, 0.15) is 65.0 Å². The van der Waals surface area contributed by atoms with Gasteiger partial charge in [-0.05, 0) is 71.9 Å². The Kier molecular flexibility index (Phi) is 11.1. The Labute approximate surface area is 264 Å². The van der Waals surface area contributed by atoms with E-state index < -0.39 is 23.4 Å². The van der Waals surface area contributed by atoms with Crippen molar-refractivity contribution >= 4 is 46.8 Å². The predicted molar refractivity (Wildman–Crippen MR) is 164 cm³/mol. The van der Waals surface area contributed by atoms with Gasteiger partial charge in [-0.15, -0.1) is 0 Å². The van der Waals surface area contributed by atoms with E-state index in [2.05, 4.69) is 19.9 Å². The van der Waals surface area contributed by atoms with Gasteiger partial charge in [0.1, 0.15) is 0 Å². The molecule has 4 N–H and O–H groups in total. The molecular formula is C28H39ClN8O8. The maximum Gasteiger partial charge on any atom is 0.503 e. The maximum atomic E-state index is 13.4. The summed E-state index contributed by atoms with van der Waals surface area (Å²) in [6.07, 6.45) is 1.95. The number of amides is 1. The molecule has 1 saturated heterocycles. The molecule has 3 aromatic rings. The van der Waals surface area contributed by atoms with Crippen LogP contribution >= 0.6 is 11.6 Å². The fourth-order valence-corrected chi connectivity index (χ4v) is 5.31. The number of imidazole rings is 1. The second-order valence-corrected chi connectivity index (χ2v) is 12.8. The van der Waals surface area contributed by atoms with Gasteiger partial charge in [0.2, 0.25) is 11.1 Å². The lowest BCUT2D eigenvalue weighted by Crippen LogP contribution is -2.56. The van der Waals surface area contributed by atoms with Gasteiger partial charge in [-0.25, -0.2) is 34.5 Å². The third-order valence-electron chi connectivity index (χ3n) is 6.62. The molecule has 16 nitrogen and oxygen atoms in total. The lowest BCUT2D eigenvalue weighted by Gasteiger charge is -2.45. The minimum absolute atomic E-state index is 0.143. The fourth-order valence-electron chi connectivity index (χ4n) is 5.07. The average Bonchev–Trinajstić information content (AvgIpc) is 3.69. The monoisotopic (exact) mass is 650 g/mol. The zero-order valence-corrected chi connectivity index (χ0v) is 26.8. The normalized spacial score (nSPS) is 15.0. The van der Waals surface area contributed by atoms with E-state index in [9.17, 15) is 4.79 Å². The van der Waals surface area contributed by atoms with Crippen molar-refractivity contribution in [3.63, 3.8) is 0 Å². The van der Waals surface area contributed by atoms with Gasteiger partial charge < -0.3 is 35.0 Å². The molecule has 0 unspecified atom stereocenters. The number of morpholine rings is 1. The summed E-state index contributed by atoms with van der Waals surface area (Å²) in [5.74, 6) is 1.73. The van der Waals surface area contributed by atoms with Crippen LogP contribution in [-0.2, 0) is 11.3 Å². The van der Waals surface area contributed by atoms with Crippen LogP contribution in [0, 0.1) is 5.92 Å². The number of hydrogen-bond donors (Lipinski definition) is 4. The van der Waals surface area contributed by atoms with E-state index in [1.165, 1.54) is 12.8 Å². The molecule has 45 heavy (non-hydrogen) atoms. The van der Waals surface area contributed by atoms with E-state index in [-0.39, 0.29) is 11.7 Å². The van der Waals surface area contributed by atoms with Crippen molar-refractivity contribution in [1.29, 1.82) is 0 Å². The van der Waals surface area contributed by atoms with Crippen LogP contribution in [0.4, 0.5) is 15.4 Å². The first kappa shape index (κ1) is 35.2. The standard InChI is InChI=1S/C26H35ClN8O2.2CH2O3/c1-25(2,3)35(26(4,5)6)23(36)20-28-13-17(14-29-20)19-31-21(33-9-11-37-12-10-33)18-22(32-19)34(24(27)30-18)15-16-7-8-16;2*2-1(3)4/h13-14,16H,7-12,15H2,1-6H3;2*(H2,2,3,4). The Hall–Kier alpha value is -4.31. The van der Waals surface area contributed by atoms with Crippen molar-refractivity contribution in [3.8, 4) is 11.4 Å². The third-order valence-corrected chi connectivity index (χ3v) is 6.91. The lowest BCUT2D eigenvalue weighted by atomic mass is 9.95. The highest BCUT2D eigenvalue weighted by Gasteiger charge is 2.37. The van der Waals surface area contributed by atoms with E-state index in [0.717, 1.165) is 12.4 Å². The molecule has 3 aromatic heterocycles. The second-order valence-electron chi connectivity index (χ2n) is 12.4. The average molecular weight is 651 g/mol. The number of rotatable bonds is 5. The number of halogens is 1. The number of fused-ring (bicyclic) bond motifs is 1. The molecule has 0 radical (unpaired) electrons. The maximum absolute atomic E-state index is 13.4. The Balaban J connectivity index is 0.000000619. The van der Waals surface area contributed by atoms with Crippen molar-refractivity contribution in [2.75, 3.05) is 31.2 Å². The van der Waals surface area contributed by atoms with E-state index in [4.69, 9.17) is 56.3 Å². The molecule has 5 rings (SSSR count). The summed E-state index contributed by atoms with van der Waals surface area (Å²) in [4.78, 5) is 57.8. The first-order valence-corrected chi connectivity index (χ1v) is 14.5. The molecule has 2 aliphatic rings. The molecule has 246 valence electrons. The highest BCUT2D eigenvalue weighted by atomic mass is 35.5. The zero-order valence-electron chi connectivity index (χ0n) is 26.1. The van der Waals surface area contributed by atoms with Gasteiger partial charge in [-0.3, -0.25) is 9.36 Å². The molecule has 1 aliphatic carbocycles. The van der Waals surface area contributed by atoms with Crippen LogP contribution in [0.3, 0.4) is 0 Å². The second kappa shape index (κ2) is 14.2. The van der Waals surface area contributed by atoms with Crippen molar-refractivity contribution in [2.45, 2.75) is 72.0 Å².